The summed E-state index contributed by atoms with van der Waals surface area (Å²) in [6.45, 7) is 3.82. The summed E-state index contributed by atoms with van der Waals surface area (Å²) in [6.07, 6.45) is 0.238. The van der Waals surface area contributed by atoms with Gasteiger partial charge in [0.2, 0.25) is 5.91 Å². The molecule has 0 bridgehead atoms. The topological polar surface area (TPSA) is 86.4 Å². The molecule has 2 aromatic heterocycles. The maximum Gasteiger partial charge on any atom is 0.327 e. The lowest BCUT2D eigenvalue weighted by atomic mass is 9.90. The second-order valence-corrected chi connectivity index (χ2v) is 7.26. The molecule has 0 spiro atoms. The van der Waals surface area contributed by atoms with E-state index >= 15 is 0 Å². The molecule has 0 saturated carbocycles. The van der Waals surface area contributed by atoms with E-state index in [1.165, 1.54) is 4.68 Å². The van der Waals surface area contributed by atoms with Gasteiger partial charge in [0.15, 0.2) is 0 Å². The van der Waals surface area contributed by atoms with Crippen LogP contribution >= 0.6 is 11.6 Å². The van der Waals surface area contributed by atoms with E-state index in [1.807, 2.05) is 37.3 Å². The van der Waals surface area contributed by atoms with Gasteiger partial charge in [-0.2, -0.15) is 5.10 Å². The number of carbonyl (C=O) groups excluding carboxylic acids is 2. The summed E-state index contributed by atoms with van der Waals surface area (Å²) in [5.74, 6) is 0.991. The molecule has 1 aliphatic heterocycles. The Bertz CT molecular complexity index is 1090. The van der Waals surface area contributed by atoms with Crippen LogP contribution < -0.4 is 5.32 Å². The van der Waals surface area contributed by atoms with Gasteiger partial charge in [0.1, 0.15) is 23.9 Å². The first kappa shape index (κ1) is 19.3. The van der Waals surface area contributed by atoms with Crippen LogP contribution in [0.2, 0.25) is 5.02 Å². The van der Waals surface area contributed by atoms with Crippen LogP contribution in [0, 0.1) is 6.92 Å². The van der Waals surface area contributed by atoms with Crippen molar-refractivity contribution in [1.29, 1.82) is 0 Å². The number of esters is 1. The molecule has 7 nitrogen and oxygen atoms in total. The molecule has 1 N–H and O–H groups in total. The Labute approximate surface area is 172 Å². The summed E-state index contributed by atoms with van der Waals surface area (Å²) in [5, 5.41) is 7.90. The molecule has 150 valence electrons. The van der Waals surface area contributed by atoms with Crippen molar-refractivity contribution in [2.75, 3.05) is 11.9 Å². The van der Waals surface area contributed by atoms with Crippen LogP contribution in [0.4, 0.5) is 5.82 Å². The molecule has 8 heteroatoms. The molecule has 0 unspecified atom stereocenters. The monoisotopic (exact) mass is 413 g/mol. The summed E-state index contributed by atoms with van der Waals surface area (Å²) >= 11 is 6.08. The van der Waals surface area contributed by atoms with Crippen LogP contribution in [-0.2, 0) is 20.9 Å². The number of aromatic nitrogens is 2. The lowest BCUT2D eigenvalue weighted by molar-refractivity contribution is -0.144. The first-order chi connectivity index (χ1) is 14.0. The van der Waals surface area contributed by atoms with Crippen molar-refractivity contribution in [2.45, 2.75) is 32.7 Å². The van der Waals surface area contributed by atoms with E-state index in [1.54, 1.807) is 13.0 Å². The minimum absolute atomic E-state index is 0.0665. The number of nitrogens with one attached hydrogen (secondary N) is 1. The molecule has 0 saturated heterocycles. The van der Waals surface area contributed by atoms with Crippen molar-refractivity contribution in [3.05, 3.63) is 58.4 Å². The number of carbonyl (C=O) groups is 2. The Morgan fingerprint density at radius 3 is 2.97 bits per heavy atom. The number of amides is 1. The molecule has 0 fully saturated rings. The molecule has 1 aliphatic rings. The number of nitrogens with zero attached hydrogens (tertiary/aromatic N) is 2. The van der Waals surface area contributed by atoms with Crippen molar-refractivity contribution in [3.8, 4) is 11.3 Å². The lowest BCUT2D eigenvalue weighted by Crippen LogP contribution is -2.26. The number of anilines is 1. The first-order valence-corrected chi connectivity index (χ1v) is 9.72. The molecule has 1 aromatic carbocycles. The summed E-state index contributed by atoms with van der Waals surface area (Å²) in [6, 6.07) is 11.1. The highest BCUT2D eigenvalue weighted by molar-refractivity contribution is 6.30. The van der Waals surface area contributed by atoms with E-state index in [4.69, 9.17) is 20.8 Å². The number of aryl methyl sites for hydroxylation is 1. The standard InChI is InChI=1S/C21H20ClN3O4/c1-3-28-19(27)11-25-21-20(12(2)24-25)15(10-18(26)23-21)17-8-7-16(29-17)13-5-4-6-14(22)9-13/h4-9,15H,3,10-11H2,1-2H3,(H,23,26)/t15-/m0/s1. The third-order valence-electron chi connectivity index (χ3n) is 4.83. The summed E-state index contributed by atoms with van der Waals surface area (Å²) in [4.78, 5) is 24.3. The van der Waals surface area contributed by atoms with E-state index < -0.39 is 5.97 Å². The SMILES string of the molecule is CCOC(=O)Cn1nc(C)c2c1NC(=O)C[C@H]2c1ccc(-c2cccc(Cl)c2)o1. The van der Waals surface area contributed by atoms with E-state index in [0.29, 0.717) is 22.4 Å². The Morgan fingerprint density at radius 1 is 1.38 bits per heavy atom. The van der Waals surface area contributed by atoms with Crippen LogP contribution in [0.5, 0.6) is 0 Å². The van der Waals surface area contributed by atoms with Crippen molar-refractivity contribution in [1.82, 2.24) is 9.78 Å². The zero-order valence-electron chi connectivity index (χ0n) is 16.1. The van der Waals surface area contributed by atoms with Gasteiger partial charge in [-0.1, -0.05) is 23.7 Å². The highest BCUT2D eigenvalue weighted by Gasteiger charge is 2.34. The number of rotatable bonds is 5. The van der Waals surface area contributed by atoms with Gasteiger partial charge in [-0.15, -0.1) is 0 Å². The molecule has 4 rings (SSSR count). The predicted octanol–water partition coefficient (Wildman–Crippen LogP) is 4.14. The molecule has 0 aliphatic carbocycles. The van der Waals surface area contributed by atoms with Crippen molar-refractivity contribution < 1.29 is 18.7 Å². The molecule has 29 heavy (non-hydrogen) atoms. The minimum atomic E-state index is -0.407. The number of halogens is 1. The van der Waals surface area contributed by atoms with E-state index in [9.17, 15) is 9.59 Å². The number of ether oxygens (including phenoxy) is 1. The average Bonchev–Trinajstić information content (AvgIpc) is 3.27. The molecule has 3 aromatic rings. The number of furan rings is 1. The molecular formula is C21H20ClN3O4. The smallest absolute Gasteiger partial charge is 0.327 e. The quantitative estimate of drug-likeness (QED) is 0.635. The molecule has 3 heterocycles. The second kappa shape index (κ2) is 7.75. The highest BCUT2D eigenvalue weighted by atomic mass is 35.5. The van der Waals surface area contributed by atoms with Crippen LogP contribution in [0.3, 0.4) is 0 Å². The zero-order chi connectivity index (χ0) is 20.5. The van der Waals surface area contributed by atoms with Crippen molar-refractivity contribution in [3.63, 3.8) is 0 Å². The third-order valence-corrected chi connectivity index (χ3v) is 5.07. The van der Waals surface area contributed by atoms with Gasteiger partial charge < -0.3 is 14.5 Å². The van der Waals surface area contributed by atoms with Crippen LogP contribution in [0.25, 0.3) is 11.3 Å². The number of hydrogen-bond donors (Lipinski definition) is 1. The summed E-state index contributed by atoms with van der Waals surface area (Å²) in [7, 11) is 0. The van der Waals surface area contributed by atoms with Gasteiger partial charge in [-0.05, 0) is 38.1 Å². The van der Waals surface area contributed by atoms with E-state index in [-0.39, 0.29) is 31.4 Å². The second-order valence-electron chi connectivity index (χ2n) is 6.83. The summed E-state index contributed by atoms with van der Waals surface area (Å²) < 4.78 is 12.6. The van der Waals surface area contributed by atoms with Gasteiger partial charge in [-0.25, -0.2) is 4.68 Å². The van der Waals surface area contributed by atoms with E-state index in [2.05, 4.69) is 10.4 Å². The van der Waals surface area contributed by atoms with Gasteiger partial charge in [0, 0.05) is 22.6 Å². The van der Waals surface area contributed by atoms with Gasteiger partial charge in [-0.3, -0.25) is 9.59 Å². The van der Waals surface area contributed by atoms with Crippen LogP contribution in [-0.4, -0.2) is 28.3 Å². The number of hydrogen-bond acceptors (Lipinski definition) is 5. The van der Waals surface area contributed by atoms with E-state index in [0.717, 1.165) is 16.8 Å². The van der Waals surface area contributed by atoms with Gasteiger partial charge in [0.25, 0.3) is 0 Å². The molecule has 0 radical (unpaired) electrons. The fourth-order valence-electron chi connectivity index (χ4n) is 3.64. The predicted molar refractivity (Wildman–Crippen MR) is 108 cm³/mol. The molecular weight excluding hydrogens is 394 g/mol. The highest BCUT2D eigenvalue weighted by Crippen LogP contribution is 2.41. The number of fused-ring (bicyclic) bond motifs is 1. The Morgan fingerprint density at radius 2 is 2.21 bits per heavy atom. The normalized spacial score (nSPS) is 15.7. The third kappa shape index (κ3) is 3.78. The molecule has 1 amide bonds. The average molecular weight is 414 g/mol. The van der Waals surface area contributed by atoms with Crippen LogP contribution in [0.1, 0.15) is 36.3 Å². The molecule has 1 atom stereocenters. The maximum absolute atomic E-state index is 12.4. The summed E-state index contributed by atoms with van der Waals surface area (Å²) in [5.41, 5.74) is 2.44. The van der Waals surface area contributed by atoms with Crippen molar-refractivity contribution in [2.24, 2.45) is 0 Å². The largest absolute Gasteiger partial charge is 0.465 e. The fraction of sp³-hybridized carbons (Fsp3) is 0.286. The lowest BCUT2D eigenvalue weighted by Gasteiger charge is -2.22. The Hall–Kier alpha value is -3.06. The zero-order valence-corrected chi connectivity index (χ0v) is 16.8. The van der Waals surface area contributed by atoms with Crippen LogP contribution in [0.15, 0.2) is 40.8 Å². The Kier molecular flexibility index (Phi) is 5.15. The number of benzene rings is 1. The first-order valence-electron chi connectivity index (χ1n) is 9.34. The van der Waals surface area contributed by atoms with Gasteiger partial charge >= 0.3 is 5.97 Å². The minimum Gasteiger partial charge on any atom is -0.465 e. The van der Waals surface area contributed by atoms with Gasteiger partial charge in [0.05, 0.1) is 18.2 Å². The fourth-order valence-corrected chi connectivity index (χ4v) is 3.83. The van der Waals surface area contributed by atoms with Crippen molar-refractivity contribution >= 4 is 29.3 Å². The maximum atomic E-state index is 12.4. The Balaban J connectivity index is 1.70.